The third kappa shape index (κ3) is 6.22. The fourth-order valence-electron chi connectivity index (χ4n) is 3.31. The number of hydrogen-bond donors (Lipinski definition) is 3. The molecule has 2 aliphatic rings. The molecule has 0 radical (unpaired) electrons. The Morgan fingerprint density at radius 3 is 2.79 bits per heavy atom. The molecule has 0 spiro atoms. The first-order chi connectivity index (χ1) is 13.2. The van der Waals surface area contributed by atoms with E-state index in [1.54, 1.807) is 12.0 Å². The summed E-state index contributed by atoms with van der Waals surface area (Å²) in [5, 5.41) is 16.4. The molecule has 2 fully saturated rings. The van der Waals surface area contributed by atoms with E-state index in [1.165, 1.54) is 0 Å². The van der Waals surface area contributed by atoms with E-state index in [1.807, 2.05) is 18.2 Å². The van der Waals surface area contributed by atoms with Gasteiger partial charge in [-0.2, -0.15) is 0 Å². The molecule has 158 valence electrons. The molecule has 1 amide bonds. The molecule has 3 N–H and O–H groups in total. The molecule has 0 aliphatic carbocycles. The minimum Gasteiger partial charge on any atom is -0.493 e. The zero-order chi connectivity index (χ0) is 19.1. The fraction of sp³-hybridized carbons (Fsp3) is 0.632. The van der Waals surface area contributed by atoms with Crippen LogP contribution >= 0.6 is 12.4 Å². The Kier molecular flexibility index (Phi) is 9.27. The molecule has 3 rings (SSSR count). The molecule has 28 heavy (non-hydrogen) atoms. The second-order valence-electron chi connectivity index (χ2n) is 6.88. The number of ether oxygens (including phenoxy) is 3. The van der Waals surface area contributed by atoms with Gasteiger partial charge in [0.2, 0.25) is 0 Å². The van der Waals surface area contributed by atoms with Gasteiger partial charge in [0.25, 0.3) is 5.91 Å². The van der Waals surface area contributed by atoms with E-state index in [2.05, 4.69) is 10.6 Å². The maximum absolute atomic E-state index is 12.2. The number of halogens is 1. The molecule has 0 aromatic heterocycles. The number of carbonyl (C=O) groups excluding carboxylic acids is 1. The Labute approximate surface area is 171 Å². The quantitative estimate of drug-likeness (QED) is 0.551. The third-order valence-electron chi connectivity index (χ3n) is 4.98. The lowest BCUT2D eigenvalue weighted by molar-refractivity contribution is -0.137. The van der Waals surface area contributed by atoms with Crippen molar-refractivity contribution in [3.05, 3.63) is 23.8 Å². The molecule has 2 heterocycles. The summed E-state index contributed by atoms with van der Waals surface area (Å²) < 4.78 is 16.3. The minimum absolute atomic E-state index is 0. The summed E-state index contributed by atoms with van der Waals surface area (Å²) in [5.41, 5.74) is 1.05. The Balaban J connectivity index is 0.00000280. The predicted molar refractivity (Wildman–Crippen MR) is 107 cm³/mol. The van der Waals surface area contributed by atoms with Crippen molar-refractivity contribution in [2.45, 2.75) is 12.6 Å². The first kappa shape index (κ1) is 22.7. The van der Waals surface area contributed by atoms with Gasteiger partial charge < -0.3 is 34.9 Å². The molecular weight excluding hydrogens is 386 g/mol. The summed E-state index contributed by atoms with van der Waals surface area (Å²) in [6, 6.07) is 5.69. The van der Waals surface area contributed by atoms with Crippen molar-refractivity contribution in [1.82, 2.24) is 15.5 Å². The number of morpholine rings is 1. The highest BCUT2D eigenvalue weighted by atomic mass is 35.5. The van der Waals surface area contributed by atoms with E-state index in [9.17, 15) is 9.90 Å². The molecule has 2 unspecified atom stereocenters. The van der Waals surface area contributed by atoms with E-state index in [4.69, 9.17) is 14.2 Å². The van der Waals surface area contributed by atoms with E-state index >= 15 is 0 Å². The van der Waals surface area contributed by atoms with Crippen LogP contribution in [0.2, 0.25) is 0 Å². The van der Waals surface area contributed by atoms with E-state index < -0.39 is 0 Å². The van der Waals surface area contributed by atoms with Crippen molar-refractivity contribution >= 4 is 18.3 Å². The van der Waals surface area contributed by atoms with Crippen LogP contribution in [0.5, 0.6) is 11.5 Å². The number of nitrogens with one attached hydrogen (secondary N) is 2. The fourth-order valence-corrected chi connectivity index (χ4v) is 3.31. The van der Waals surface area contributed by atoms with Gasteiger partial charge >= 0.3 is 0 Å². The Morgan fingerprint density at radius 2 is 2.11 bits per heavy atom. The maximum atomic E-state index is 12.2. The monoisotopic (exact) mass is 415 g/mol. The van der Waals surface area contributed by atoms with Gasteiger partial charge in [0.1, 0.15) is 0 Å². The van der Waals surface area contributed by atoms with Crippen molar-refractivity contribution in [2.75, 3.05) is 59.7 Å². The molecule has 0 bridgehead atoms. The van der Waals surface area contributed by atoms with Crippen LogP contribution in [0.25, 0.3) is 0 Å². The number of methoxy groups -OCH3 is 1. The van der Waals surface area contributed by atoms with Gasteiger partial charge in [-0.25, -0.2) is 0 Å². The van der Waals surface area contributed by atoms with Gasteiger partial charge in [0.15, 0.2) is 18.1 Å². The summed E-state index contributed by atoms with van der Waals surface area (Å²) in [4.78, 5) is 14.0. The largest absolute Gasteiger partial charge is 0.493 e. The number of carbonyl (C=O) groups is 1. The number of nitrogens with zero attached hydrogens (tertiary/aromatic N) is 1. The molecule has 8 nitrogen and oxygen atoms in total. The zero-order valence-electron chi connectivity index (χ0n) is 16.2. The Morgan fingerprint density at radius 1 is 1.32 bits per heavy atom. The second-order valence-corrected chi connectivity index (χ2v) is 6.88. The van der Waals surface area contributed by atoms with Gasteiger partial charge in [0, 0.05) is 45.2 Å². The molecule has 2 atom stereocenters. The predicted octanol–water partition coefficient (Wildman–Crippen LogP) is 0.0245. The van der Waals surface area contributed by atoms with Crippen molar-refractivity contribution < 1.29 is 24.1 Å². The number of aliphatic hydroxyl groups excluding tert-OH is 1. The zero-order valence-corrected chi connectivity index (χ0v) is 17.0. The lowest BCUT2D eigenvalue weighted by atomic mass is 10.1. The number of benzene rings is 1. The van der Waals surface area contributed by atoms with Crippen LogP contribution in [-0.4, -0.2) is 81.7 Å². The lowest BCUT2D eigenvalue weighted by Crippen LogP contribution is -2.43. The third-order valence-corrected chi connectivity index (χ3v) is 4.98. The van der Waals surface area contributed by atoms with E-state index in [0.717, 1.165) is 18.7 Å². The number of amides is 1. The summed E-state index contributed by atoms with van der Waals surface area (Å²) >= 11 is 0. The highest BCUT2D eigenvalue weighted by Gasteiger charge is 2.24. The normalized spacial score (nSPS) is 21.9. The average molecular weight is 416 g/mol. The average Bonchev–Trinajstić information content (AvgIpc) is 3.12. The van der Waals surface area contributed by atoms with Crippen LogP contribution in [0.1, 0.15) is 5.56 Å². The van der Waals surface area contributed by atoms with Crippen LogP contribution in [0, 0.1) is 5.92 Å². The molecule has 9 heteroatoms. The lowest BCUT2D eigenvalue weighted by Gasteiger charge is -2.26. The van der Waals surface area contributed by atoms with Crippen LogP contribution in [0.15, 0.2) is 18.2 Å². The van der Waals surface area contributed by atoms with E-state index in [0.29, 0.717) is 50.9 Å². The summed E-state index contributed by atoms with van der Waals surface area (Å²) in [5.74, 6) is 1.35. The molecule has 1 aromatic carbocycles. The molecule has 1 aromatic rings. The SMILES string of the molecule is COc1cc(CNCC2CNCC2O)ccc1OCC(=O)N1CCOCC1.Cl. The van der Waals surface area contributed by atoms with Crippen molar-refractivity contribution in [3.63, 3.8) is 0 Å². The first-order valence-corrected chi connectivity index (χ1v) is 9.42. The maximum Gasteiger partial charge on any atom is 0.260 e. The van der Waals surface area contributed by atoms with E-state index in [-0.39, 0.29) is 36.9 Å². The van der Waals surface area contributed by atoms with Gasteiger partial charge in [-0.15, -0.1) is 12.4 Å². The van der Waals surface area contributed by atoms with Crippen molar-refractivity contribution in [1.29, 1.82) is 0 Å². The van der Waals surface area contributed by atoms with Crippen molar-refractivity contribution in [2.24, 2.45) is 5.92 Å². The van der Waals surface area contributed by atoms with Crippen LogP contribution in [0.4, 0.5) is 0 Å². The highest BCUT2D eigenvalue weighted by molar-refractivity contribution is 5.85. The summed E-state index contributed by atoms with van der Waals surface area (Å²) in [6.07, 6.45) is -0.285. The van der Waals surface area contributed by atoms with Crippen LogP contribution in [0.3, 0.4) is 0 Å². The van der Waals surface area contributed by atoms with Crippen LogP contribution in [-0.2, 0) is 16.1 Å². The number of rotatable bonds is 8. The minimum atomic E-state index is -0.285. The Bertz CT molecular complexity index is 628. The summed E-state index contributed by atoms with van der Waals surface area (Å²) in [6.45, 7) is 5.27. The summed E-state index contributed by atoms with van der Waals surface area (Å²) in [7, 11) is 1.59. The molecule has 2 aliphatic heterocycles. The molecule has 0 saturated carbocycles. The smallest absolute Gasteiger partial charge is 0.260 e. The standard InChI is InChI=1S/C19H29N3O5.ClH/c1-25-18-8-14(9-20-10-15-11-21-12-16(15)23)2-3-17(18)27-13-19(24)22-4-6-26-7-5-22;/h2-3,8,15-16,20-21,23H,4-7,9-13H2,1H3;1H. The first-order valence-electron chi connectivity index (χ1n) is 9.42. The topological polar surface area (TPSA) is 92.3 Å². The highest BCUT2D eigenvalue weighted by Crippen LogP contribution is 2.28. The number of hydrogen-bond acceptors (Lipinski definition) is 7. The van der Waals surface area contributed by atoms with Gasteiger partial charge in [-0.1, -0.05) is 6.07 Å². The van der Waals surface area contributed by atoms with Gasteiger partial charge in [-0.05, 0) is 17.7 Å². The van der Waals surface area contributed by atoms with Gasteiger partial charge in [-0.3, -0.25) is 4.79 Å². The Hall–Kier alpha value is -1.58. The molecular formula is C19H30ClN3O5. The number of aliphatic hydroxyl groups is 1. The molecule has 2 saturated heterocycles. The van der Waals surface area contributed by atoms with Crippen molar-refractivity contribution in [3.8, 4) is 11.5 Å². The van der Waals surface area contributed by atoms with Gasteiger partial charge in [0.05, 0.1) is 26.4 Å². The number of β-amino-alcohol motifs (C(OH)–C–C–N with tert-alkyl or cyclic N) is 1. The second kappa shape index (κ2) is 11.4. The van der Waals surface area contributed by atoms with Crippen LogP contribution < -0.4 is 20.1 Å².